The van der Waals surface area contributed by atoms with E-state index >= 15 is 0 Å². The van der Waals surface area contributed by atoms with Crippen LogP contribution in [0, 0.1) is 13.8 Å². The van der Waals surface area contributed by atoms with Crippen LogP contribution in [0.3, 0.4) is 0 Å². The second kappa shape index (κ2) is 11.4. The van der Waals surface area contributed by atoms with E-state index in [0.29, 0.717) is 24.8 Å². The van der Waals surface area contributed by atoms with Gasteiger partial charge in [-0.05, 0) is 68.7 Å². The molecule has 0 aliphatic heterocycles. The van der Waals surface area contributed by atoms with E-state index < -0.39 is 8.38 Å². The molecule has 7 heteroatoms. The third kappa shape index (κ3) is 7.06. The van der Waals surface area contributed by atoms with E-state index in [2.05, 4.69) is 23.6 Å². The molecule has 0 aromatic heterocycles. The van der Waals surface area contributed by atoms with Crippen molar-refractivity contribution in [1.29, 1.82) is 0 Å². The van der Waals surface area contributed by atoms with Crippen molar-refractivity contribution in [2.75, 3.05) is 30.0 Å². The topological polar surface area (TPSA) is 59.6 Å². The molecule has 0 aliphatic rings. The van der Waals surface area contributed by atoms with Crippen LogP contribution in [0.1, 0.15) is 30.5 Å². The van der Waals surface area contributed by atoms with E-state index in [1.54, 1.807) is 0 Å². The Morgan fingerprint density at radius 1 is 1.00 bits per heavy atom. The Morgan fingerprint density at radius 2 is 1.57 bits per heavy atom. The van der Waals surface area contributed by atoms with Crippen LogP contribution in [0.2, 0.25) is 5.02 Å². The number of carbonyl (C=O) groups excluding carboxylic acids is 1. The average molecular weight is 423 g/mol. The molecule has 0 unspecified atom stereocenters. The lowest BCUT2D eigenvalue weighted by molar-refractivity contribution is -0.114. The summed E-state index contributed by atoms with van der Waals surface area (Å²) in [7, 11) is -1.21. The normalized spacial score (nSPS) is 10.9. The lowest BCUT2D eigenvalue weighted by Gasteiger charge is -2.18. The number of benzene rings is 2. The van der Waals surface area contributed by atoms with E-state index in [9.17, 15) is 4.79 Å². The van der Waals surface area contributed by atoms with Gasteiger partial charge in [0.05, 0.1) is 30.8 Å². The molecule has 0 fully saturated rings. The monoisotopic (exact) mass is 422 g/mol. The minimum Gasteiger partial charge on any atom is -0.379 e. The summed E-state index contributed by atoms with van der Waals surface area (Å²) in [5.41, 5.74) is 5.01. The average Bonchev–Trinajstić information content (AvgIpc) is 2.65. The fraction of sp³-hybridized carbons (Fsp3) is 0.381. The molecule has 2 N–H and O–H groups in total. The zero-order chi connectivity index (χ0) is 20.5. The molecule has 2 rings (SSSR count). The van der Waals surface area contributed by atoms with Gasteiger partial charge >= 0.3 is 0 Å². The van der Waals surface area contributed by atoms with Crippen molar-refractivity contribution in [2.24, 2.45) is 0 Å². The SMILES string of the molecule is CCOP(CC(=O)Nc1cc(C)c(C)cc1NCc1ccc(Cl)cc1)OCC. The van der Waals surface area contributed by atoms with Crippen LogP contribution in [-0.4, -0.2) is 25.3 Å². The zero-order valence-corrected chi connectivity index (χ0v) is 18.5. The first-order chi connectivity index (χ1) is 13.4. The largest absolute Gasteiger partial charge is 0.379 e. The molecule has 0 spiro atoms. The highest BCUT2D eigenvalue weighted by atomic mass is 35.5. The molecule has 1 amide bonds. The number of nitrogens with one attached hydrogen (secondary N) is 2. The van der Waals surface area contributed by atoms with Crippen molar-refractivity contribution in [3.05, 3.63) is 58.1 Å². The lowest BCUT2D eigenvalue weighted by atomic mass is 10.1. The van der Waals surface area contributed by atoms with Crippen LogP contribution < -0.4 is 10.6 Å². The van der Waals surface area contributed by atoms with Gasteiger partial charge in [-0.1, -0.05) is 23.7 Å². The van der Waals surface area contributed by atoms with Crippen LogP contribution in [-0.2, 0) is 20.4 Å². The maximum absolute atomic E-state index is 12.5. The van der Waals surface area contributed by atoms with Gasteiger partial charge in [-0.2, -0.15) is 0 Å². The van der Waals surface area contributed by atoms with Crippen LogP contribution >= 0.6 is 20.0 Å². The Hall–Kier alpha value is -1.65. The third-order valence-corrected chi connectivity index (χ3v) is 6.01. The van der Waals surface area contributed by atoms with Crippen molar-refractivity contribution >= 4 is 37.3 Å². The molecule has 0 atom stereocenters. The second-order valence-corrected chi connectivity index (χ2v) is 8.27. The van der Waals surface area contributed by atoms with Gasteiger partial charge in [0, 0.05) is 11.6 Å². The number of hydrogen-bond donors (Lipinski definition) is 2. The van der Waals surface area contributed by atoms with Crippen molar-refractivity contribution in [2.45, 2.75) is 34.2 Å². The number of halogens is 1. The summed E-state index contributed by atoms with van der Waals surface area (Å²) in [6.07, 6.45) is 0.209. The first kappa shape index (κ1) is 22.6. The predicted molar refractivity (Wildman–Crippen MR) is 118 cm³/mol. The lowest BCUT2D eigenvalue weighted by Crippen LogP contribution is -2.18. The van der Waals surface area contributed by atoms with Crippen LogP contribution in [0.4, 0.5) is 11.4 Å². The summed E-state index contributed by atoms with van der Waals surface area (Å²) in [4.78, 5) is 12.5. The van der Waals surface area contributed by atoms with Gasteiger partial charge in [0.2, 0.25) is 5.91 Å². The van der Waals surface area contributed by atoms with E-state index in [1.165, 1.54) is 0 Å². The summed E-state index contributed by atoms with van der Waals surface area (Å²) < 4.78 is 11.1. The molecule has 0 saturated heterocycles. The predicted octanol–water partition coefficient (Wildman–Crippen LogP) is 5.89. The molecule has 0 saturated carbocycles. The number of hydrogen-bond acceptors (Lipinski definition) is 4. The highest BCUT2D eigenvalue weighted by Gasteiger charge is 2.17. The maximum Gasteiger partial charge on any atom is 0.233 e. The molecule has 0 bridgehead atoms. The molecular formula is C21H28ClN2O3P. The Kier molecular flexibility index (Phi) is 9.20. The Balaban J connectivity index is 2.10. The summed E-state index contributed by atoms with van der Waals surface area (Å²) in [5, 5.41) is 7.13. The summed E-state index contributed by atoms with van der Waals surface area (Å²) >= 11 is 5.95. The zero-order valence-electron chi connectivity index (χ0n) is 16.8. The van der Waals surface area contributed by atoms with Crippen molar-refractivity contribution in [3.63, 3.8) is 0 Å². The maximum atomic E-state index is 12.5. The smallest absolute Gasteiger partial charge is 0.233 e. The van der Waals surface area contributed by atoms with Gasteiger partial charge < -0.3 is 19.7 Å². The van der Waals surface area contributed by atoms with Gasteiger partial charge in [0.15, 0.2) is 8.38 Å². The van der Waals surface area contributed by atoms with Gasteiger partial charge in [0.1, 0.15) is 0 Å². The fourth-order valence-corrected chi connectivity index (χ4v) is 3.86. The third-order valence-electron chi connectivity index (χ3n) is 4.12. The molecule has 0 heterocycles. The minimum atomic E-state index is -1.21. The Bertz CT molecular complexity index is 778. The van der Waals surface area contributed by atoms with Crippen molar-refractivity contribution < 1.29 is 13.8 Å². The van der Waals surface area contributed by atoms with Crippen LogP contribution in [0.25, 0.3) is 0 Å². The number of aryl methyl sites for hydroxylation is 2. The van der Waals surface area contributed by atoms with Crippen molar-refractivity contribution in [1.82, 2.24) is 0 Å². The van der Waals surface area contributed by atoms with Crippen LogP contribution in [0.15, 0.2) is 36.4 Å². The van der Waals surface area contributed by atoms with E-state index in [4.69, 9.17) is 20.6 Å². The molecule has 5 nitrogen and oxygen atoms in total. The van der Waals surface area contributed by atoms with Gasteiger partial charge in [0.25, 0.3) is 0 Å². The summed E-state index contributed by atoms with van der Waals surface area (Å²) in [6, 6.07) is 11.7. The van der Waals surface area contributed by atoms with E-state index in [-0.39, 0.29) is 12.1 Å². The van der Waals surface area contributed by atoms with E-state index in [0.717, 1.165) is 28.1 Å². The molecule has 0 aliphatic carbocycles. The minimum absolute atomic E-state index is 0.120. The molecule has 152 valence electrons. The van der Waals surface area contributed by atoms with Gasteiger partial charge in [-0.25, -0.2) is 0 Å². The van der Waals surface area contributed by atoms with E-state index in [1.807, 2.05) is 51.1 Å². The first-order valence-corrected chi connectivity index (χ1v) is 11.1. The number of rotatable bonds is 10. The fourth-order valence-electron chi connectivity index (χ4n) is 2.59. The Labute approximate surface area is 173 Å². The molecular weight excluding hydrogens is 395 g/mol. The standard InChI is InChI=1S/C21H28ClN2O3P/c1-5-26-28(27-6-2)14-21(25)24-20-12-16(4)15(3)11-19(20)23-13-17-7-9-18(22)10-8-17/h7-12,23H,5-6,13-14H2,1-4H3,(H,24,25). The van der Waals surface area contributed by atoms with Gasteiger partial charge in [-0.3, -0.25) is 4.79 Å². The van der Waals surface area contributed by atoms with Crippen LogP contribution in [0.5, 0.6) is 0 Å². The van der Waals surface area contributed by atoms with Crippen molar-refractivity contribution in [3.8, 4) is 0 Å². The molecule has 0 radical (unpaired) electrons. The number of amides is 1. The van der Waals surface area contributed by atoms with Gasteiger partial charge in [-0.15, -0.1) is 0 Å². The number of carbonyl (C=O) groups is 1. The first-order valence-electron chi connectivity index (χ1n) is 9.35. The summed E-state index contributed by atoms with van der Waals surface area (Å²) in [6.45, 7) is 9.56. The molecule has 2 aromatic carbocycles. The summed E-state index contributed by atoms with van der Waals surface area (Å²) in [5.74, 6) is -0.120. The highest BCUT2D eigenvalue weighted by Crippen LogP contribution is 2.38. The number of anilines is 2. The quantitative estimate of drug-likeness (QED) is 0.468. The Morgan fingerprint density at radius 3 is 2.14 bits per heavy atom. The second-order valence-electron chi connectivity index (χ2n) is 6.34. The molecule has 28 heavy (non-hydrogen) atoms. The highest BCUT2D eigenvalue weighted by molar-refractivity contribution is 7.48. The molecule has 2 aromatic rings.